The van der Waals surface area contributed by atoms with Crippen LogP contribution in [0.25, 0.3) is 27.9 Å². The minimum atomic E-state index is -0.516. The van der Waals surface area contributed by atoms with E-state index < -0.39 is 5.97 Å². The van der Waals surface area contributed by atoms with Gasteiger partial charge in [0.25, 0.3) is 0 Å². The summed E-state index contributed by atoms with van der Waals surface area (Å²) in [7, 11) is 1.30. The van der Waals surface area contributed by atoms with Gasteiger partial charge in [0.15, 0.2) is 10.8 Å². The van der Waals surface area contributed by atoms with E-state index in [1.165, 1.54) is 18.9 Å². The first kappa shape index (κ1) is 21.6. The number of thioether (sulfide) groups is 1. The summed E-state index contributed by atoms with van der Waals surface area (Å²) in [6.45, 7) is 0. The van der Waals surface area contributed by atoms with E-state index in [1.54, 1.807) is 24.3 Å². The third kappa shape index (κ3) is 4.08. The number of anilines is 1. The van der Waals surface area contributed by atoms with Gasteiger partial charge in [-0.2, -0.15) is 0 Å². The van der Waals surface area contributed by atoms with Crippen LogP contribution in [-0.2, 0) is 9.53 Å². The second kappa shape index (κ2) is 9.32. The topological polar surface area (TPSA) is 98.5 Å². The number of carbonyl (C=O) groups excluding carboxylic acids is 2. The zero-order valence-corrected chi connectivity index (χ0v) is 19.0. The molecule has 34 heavy (non-hydrogen) atoms. The number of nitrogens with one attached hydrogen (secondary N) is 1. The predicted molar refractivity (Wildman–Crippen MR) is 131 cm³/mol. The molecule has 3 aromatic carbocycles. The molecule has 0 unspecified atom stereocenters. The first-order valence-electron chi connectivity index (χ1n) is 10.4. The molecule has 5 rings (SSSR count). The normalized spacial score (nSPS) is 11.0. The molecule has 0 saturated carbocycles. The van der Waals surface area contributed by atoms with Crippen LogP contribution in [0.5, 0.6) is 0 Å². The highest BCUT2D eigenvalue weighted by molar-refractivity contribution is 7.99. The molecule has 0 fully saturated rings. The van der Waals surface area contributed by atoms with Crippen molar-refractivity contribution >= 4 is 45.9 Å². The van der Waals surface area contributed by atoms with Crippen LogP contribution in [0.15, 0.2) is 84.0 Å². The second-order valence-corrected chi connectivity index (χ2v) is 8.28. The largest absolute Gasteiger partial charge is 0.465 e. The van der Waals surface area contributed by atoms with E-state index in [0.29, 0.717) is 27.9 Å². The van der Waals surface area contributed by atoms with Crippen LogP contribution < -0.4 is 5.32 Å². The summed E-state index contributed by atoms with van der Waals surface area (Å²) in [5.41, 5.74) is 3.08. The SMILES string of the molecule is COC(=O)c1ccccc1NC(=O)CSc1nnc2c3ccccc3nc(-c3ccccc3)n12. The van der Waals surface area contributed by atoms with Gasteiger partial charge in [-0.25, -0.2) is 9.78 Å². The molecular weight excluding hydrogens is 450 g/mol. The third-order valence-electron chi connectivity index (χ3n) is 5.19. The van der Waals surface area contributed by atoms with Crippen LogP contribution in [0.2, 0.25) is 0 Å². The van der Waals surface area contributed by atoms with Crippen LogP contribution in [0.4, 0.5) is 5.69 Å². The van der Waals surface area contributed by atoms with Gasteiger partial charge in [0.1, 0.15) is 5.82 Å². The lowest BCUT2D eigenvalue weighted by molar-refractivity contribution is -0.113. The first-order valence-corrected chi connectivity index (χ1v) is 11.4. The number of hydrogen-bond acceptors (Lipinski definition) is 7. The highest BCUT2D eigenvalue weighted by Crippen LogP contribution is 2.29. The summed E-state index contributed by atoms with van der Waals surface area (Å²) in [6.07, 6.45) is 0. The van der Waals surface area contributed by atoms with Crippen LogP contribution in [0, 0.1) is 0 Å². The number of benzene rings is 3. The summed E-state index contributed by atoms with van der Waals surface area (Å²) in [5.74, 6) is -0.0408. The zero-order chi connectivity index (χ0) is 23.5. The molecule has 0 aliphatic heterocycles. The molecule has 8 nitrogen and oxygen atoms in total. The van der Waals surface area contributed by atoms with Gasteiger partial charge < -0.3 is 10.1 Å². The number of esters is 1. The molecule has 1 amide bonds. The standard InChI is InChI=1S/C25H19N5O3S/c1-33-24(32)18-12-6-8-14-20(18)26-21(31)15-34-25-29-28-23-17-11-5-7-13-19(17)27-22(30(23)25)16-9-3-2-4-10-16/h2-14H,15H2,1H3,(H,26,31). The molecule has 0 aliphatic rings. The number of amides is 1. The lowest BCUT2D eigenvalue weighted by Crippen LogP contribution is -2.17. The fraction of sp³-hybridized carbons (Fsp3) is 0.0800. The summed E-state index contributed by atoms with van der Waals surface area (Å²) in [6, 6.07) is 24.2. The summed E-state index contributed by atoms with van der Waals surface area (Å²) < 4.78 is 6.66. The molecule has 0 saturated heterocycles. The number of fused-ring (bicyclic) bond motifs is 3. The molecule has 5 aromatic rings. The number of aromatic nitrogens is 4. The van der Waals surface area contributed by atoms with E-state index >= 15 is 0 Å². The van der Waals surface area contributed by atoms with Crippen molar-refractivity contribution in [3.05, 3.63) is 84.4 Å². The van der Waals surface area contributed by atoms with Crippen molar-refractivity contribution in [3.63, 3.8) is 0 Å². The van der Waals surface area contributed by atoms with E-state index in [2.05, 4.69) is 15.5 Å². The van der Waals surface area contributed by atoms with Crippen LogP contribution in [0.1, 0.15) is 10.4 Å². The van der Waals surface area contributed by atoms with Gasteiger partial charge >= 0.3 is 5.97 Å². The van der Waals surface area contributed by atoms with E-state index in [1.807, 2.05) is 59.0 Å². The zero-order valence-electron chi connectivity index (χ0n) is 18.1. The molecular formula is C25H19N5O3S. The molecule has 1 N–H and O–H groups in total. The maximum atomic E-state index is 12.7. The van der Waals surface area contributed by atoms with Crippen LogP contribution in [-0.4, -0.2) is 44.3 Å². The molecule has 0 spiro atoms. The van der Waals surface area contributed by atoms with E-state index in [-0.39, 0.29) is 11.7 Å². The number of para-hydroxylation sites is 2. The Labute approximate surface area is 199 Å². The Balaban J connectivity index is 1.47. The third-order valence-corrected chi connectivity index (χ3v) is 6.12. The second-order valence-electron chi connectivity index (χ2n) is 7.33. The number of nitrogens with zero attached hydrogens (tertiary/aromatic N) is 4. The van der Waals surface area contributed by atoms with Crippen LogP contribution in [0.3, 0.4) is 0 Å². The van der Waals surface area contributed by atoms with Gasteiger partial charge in [-0.05, 0) is 24.3 Å². The Morgan fingerprint density at radius 1 is 0.941 bits per heavy atom. The maximum Gasteiger partial charge on any atom is 0.339 e. The Bertz CT molecular complexity index is 1520. The number of carbonyl (C=O) groups is 2. The molecule has 0 radical (unpaired) electrons. The predicted octanol–water partition coefficient (Wildman–Crippen LogP) is 4.46. The van der Waals surface area contributed by atoms with Crippen molar-refractivity contribution in [3.8, 4) is 11.4 Å². The first-order chi connectivity index (χ1) is 16.7. The molecule has 168 valence electrons. The van der Waals surface area contributed by atoms with Gasteiger partial charge in [0.2, 0.25) is 5.91 Å². The lowest BCUT2D eigenvalue weighted by Gasteiger charge is -2.10. The minimum Gasteiger partial charge on any atom is -0.465 e. The van der Waals surface area contributed by atoms with Crippen molar-refractivity contribution in [1.29, 1.82) is 0 Å². The fourth-order valence-electron chi connectivity index (χ4n) is 3.63. The molecule has 0 bridgehead atoms. The molecule has 9 heteroatoms. The molecule has 0 atom stereocenters. The number of methoxy groups -OCH3 is 1. The fourth-order valence-corrected chi connectivity index (χ4v) is 4.36. The van der Waals surface area contributed by atoms with Gasteiger partial charge in [-0.3, -0.25) is 9.20 Å². The van der Waals surface area contributed by atoms with Crippen molar-refractivity contribution in [2.45, 2.75) is 5.16 Å². The number of hydrogen-bond donors (Lipinski definition) is 1. The highest BCUT2D eigenvalue weighted by Gasteiger charge is 2.18. The summed E-state index contributed by atoms with van der Waals surface area (Å²) >= 11 is 1.24. The number of ether oxygens (including phenoxy) is 1. The average molecular weight is 470 g/mol. The molecule has 0 aliphatic carbocycles. The minimum absolute atomic E-state index is 0.0668. The van der Waals surface area contributed by atoms with Gasteiger partial charge in [-0.1, -0.05) is 66.4 Å². The Morgan fingerprint density at radius 3 is 2.50 bits per heavy atom. The quantitative estimate of drug-likeness (QED) is 0.290. The van der Waals surface area contributed by atoms with Crippen molar-refractivity contribution in [2.75, 3.05) is 18.2 Å². The van der Waals surface area contributed by atoms with Crippen LogP contribution >= 0.6 is 11.8 Å². The smallest absolute Gasteiger partial charge is 0.339 e. The van der Waals surface area contributed by atoms with Crippen molar-refractivity contribution in [1.82, 2.24) is 19.6 Å². The Kier molecular flexibility index (Phi) is 5.92. The Hall–Kier alpha value is -4.24. The van der Waals surface area contributed by atoms with Crippen molar-refractivity contribution in [2.24, 2.45) is 0 Å². The molecule has 2 heterocycles. The van der Waals surface area contributed by atoms with E-state index in [0.717, 1.165) is 16.5 Å². The average Bonchev–Trinajstić information content (AvgIpc) is 3.32. The summed E-state index contributed by atoms with van der Waals surface area (Å²) in [5, 5.41) is 13.0. The van der Waals surface area contributed by atoms with Crippen molar-refractivity contribution < 1.29 is 14.3 Å². The summed E-state index contributed by atoms with van der Waals surface area (Å²) in [4.78, 5) is 29.6. The van der Waals surface area contributed by atoms with E-state index in [4.69, 9.17) is 9.72 Å². The highest BCUT2D eigenvalue weighted by atomic mass is 32.2. The monoisotopic (exact) mass is 469 g/mol. The maximum absolute atomic E-state index is 12.7. The Morgan fingerprint density at radius 2 is 1.68 bits per heavy atom. The van der Waals surface area contributed by atoms with E-state index in [9.17, 15) is 9.59 Å². The number of rotatable bonds is 6. The van der Waals surface area contributed by atoms with Gasteiger partial charge in [0.05, 0.1) is 29.6 Å². The molecule has 2 aromatic heterocycles. The van der Waals surface area contributed by atoms with Gasteiger partial charge in [0, 0.05) is 10.9 Å². The van der Waals surface area contributed by atoms with Gasteiger partial charge in [-0.15, -0.1) is 10.2 Å². The lowest BCUT2D eigenvalue weighted by atomic mass is 10.2.